The average molecular weight is 416 g/mol. The third-order valence-corrected chi connectivity index (χ3v) is 5.39. The van der Waals surface area contributed by atoms with Gasteiger partial charge in [0, 0.05) is 32.7 Å². The maximum absolute atomic E-state index is 5.94. The van der Waals surface area contributed by atoms with Crippen molar-refractivity contribution >= 4 is 6.21 Å². The fraction of sp³-hybridized carbons (Fsp3) is 0.269. The van der Waals surface area contributed by atoms with E-state index in [1.54, 1.807) is 7.11 Å². The molecule has 5 nitrogen and oxygen atoms in total. The third kappa shape index (κ3) is 6.09. The molecule has 0 unspecified atom stereocenters. The number of hydrogen-bond donors (Lipinski definition) is 0. The topological polar surface area (TPSA) is 37.3 Å². The van der Waals surface area contributed by atoms with E-state index in [4.69, 9.17) is 9.47 Å². The Hall–Kier alpha value is -3.31. The number of nitrogens with zero attached hydrogens (tertiary/aromatic N) is 3. The molecule has 0 N–H and O–H groups in total. The van der Waals surface area contributed by atoms with Crippen LogP contribution in [0.5, 0.6) is 11.5 Å². The quantitative estimate of drug-likeness (QED) is 0.510. The number of hydrazone groups is 1. The maximum Gasteiger partial charge on any atom is 0.161 e. The van der Waals surface area contributed by atoms with E-state index in [0.29, 0.717) is 12.4 Å². The summed E-state index contributed by atoms with van der Waals surface area (Å²) in [6.45, 7) is 5.40. The number of hydrogen-bond acceptors (Lipinski definition) is 5. The second-order valence-corrected chi connectivity index (χ2v) is 7.64. The van der Waals surface area contributed by atoms with Crippen molar-refractivity contribution in [3.63, 3.8) is 0 Å². The van der Waals surface area contributed by atoms with Crippen molar-refractivity contribution in [3.8, 4) is 11.5 Å². The van der Waals surface area contributed by atoms with Gasteiger partial charge < -0.3 is 9.47 Å². The first-order valence-corrected chi connectivity index (χ1v) is 10.7. The molecule has 0 bridgehead atoms. The largest absolute Gasteiger partial charge is 0.493 e. The van der Waals surface area contributed by atoms with E-state index in [0.717, 1.165) is 49.6 Å². The molecule has 0 aliphatic carbocycles. The highest BCUT2D eigenvalue weighted by atomic mass is 16.5. The van der Waals surface area contributed by atoms with Crippen LogP contribution in [-0.2, 0) is 13.2 Å². The van der Waals surface area contributed by atoms with E-state index in [9.17, 15) is 0 Å². The van der Waals surface area contributed by atoms with E-state index in [2.05, 4.69) is 45.3 Å². The molecule has 3 aromatic carbocycles. The molecule has 0 spiro atoms. The van der Waals surface area contributed by atoms with Crippen LogP contribution in [-0.4, -0.2) is 49.4 Å². The highest BCUT2D eigenvalue weighted by Gasteiger charge is 2.15. The SMILES string of the molecule is COc1cc(/C=N\N2CCN(Cc3ccccc3)CC2)ccc1OCc1ccccc1. The van der Waals surface area contributed by atoms with E-state index in [1.165, 1.54) is 5.56 Å². The second kappa shape index (κ2) is 10.6. The van der Waals surface area contributed by atoms with Crippen LogP contribution < -0.4 is 9.47 Å². The third-order valence-electron chi connectivity index (χ3n) is 5.39. The van der Waals surface area contributed by atoms with Gasteiger partial charge in [-0.1, -0.05) is 60.7 Å². The van der Waals surface area contributed by atoms with Crippen molar-refractivity contribution in [3.05, 3.63) is 95.6 Å². The summed E-state index contributed by atoms with van der Waals surface area (Å²) >= 11 is 0. The molecule has 160 valence electrons. The number of methoxy groups -OCH3 is 1. The zero-order chi connectivity index (χ0) is 21.3. The fourth-order valence-corrected chi connectivity index (χ4v) is 3.62. The molecule has 0 aromatic heterocycles. The van der Waals surface area contributed by atoms with Gasteiger partial charge in [0.25, 0.3) is 0 Å². The molecule has 0 amide bonds. The van der Waals surface area contributed by atoms with Crippen molar-refractivity contribution in [1.29, 1.82) is 0 Å². The molecule has 1 aliphatic rings. The van der Waals surface area contributed by atoms with Gasteiger partial charge in [-0.3, -0.25) is 9.91 Å². The Bertz CT molecular complexity index is 968. The van der Waals surface area contributed by atoms with Crippen molar-refractivity contribution in [2.75, 3.05) is 33.3 Å². The van der Waals surface area contributed by atoms with Crippen LogP contribution in [0.25, 0.3) is 0 Å². The first kappa shape index (κ1) is 20.9. The zero-order valence-electron chi connectivity index (χ0n) is 18.0. The summed E-state index contributed by atoms with van der Waals surface area (Å²) in [5.41, 5.74) is 3.48. The van der Waals surface area contributed by atoms with Gasteiger partial charge in [0.05, 0.1) is 13.3 Å². The molecule has 3 aromatic rings. The first-order chi connectivity index (χ1) is 15.3. The van der Waals surface area contributed by atoms with Crippen LogP contribution in [0, 0.1) is 0 Å². The number of ether oxygens (including phenoxy) is 2. The average Bonchev–Trinajstić information content (AvgIpc) is 2.84. The van der Waals surface area contributed by atoms with E-state index in [1.807, 2.05) is 54.7 Å². The van der Waals surface area contributed by atoms with Gasteiger partial charge in [-0.2, -0.15) is 5.10 Å². The number of benzene rings is 3. The van der Waals surface area contributed by atoms with Gasteiger partial charge in [-0.05, 0) is 34.9 Å². The maximum atomic E-state index is 5.94. The Morgan fingerprint density at radius 2 is 1.48 bits per heavy atom. The summed E-state index contributed by atoms with van der Waals surface area (Å²) < 4.78 is 11.5. The zero-order valence-corrected chi connectivity index (χ0v) is 18.0. The molecule has 1 heterocycles. The fourth-order valence-electron chi connectivity index (χ4n) is 3.62. The summed E-state index contributed by atoms with van der Waals surface area (Å²) in [5, 5.41) is 6.81. The summed E-state index contributed by atoms with van der Waals surface area (Å²) in [4.78, 5) is 2.48. The van der Waals surface area contributed by atoms with Gasteiger partial charge in [0.15, 0.2) is 11.5 Å². The Kier molecular flexibility index (Phi) is 7.19. The molecule has 0 saturated carbocycles. The lowest BCUT2D eigenvalue weighted by atomic mass is 10.2. The smallest absolute Gasteiger partial charge is 0.161 e. The van der Waals surface area contributed by atoms with Gasteiger partial charge in [0.2, 0.25) is 0 Å². The van der Waals surface area contributed by atoms with E-state index >= 15 is 0 Å². The summed E-state index contributed by atoms with van der Waals surface area (Å²) in [5.74, 6) is 1.45. The van der Waals surface area contributed by atoms with Crippen LogP contribution >= 0.6 is 0 Å². The molecule has 0 atom stereocenters. The molecule has 5 heteroatoms. The minimum atomic E-state index is 0.512. The molecule has 0 radical (unpaired) electrons. The van der Waals surface area contributed by atoms with E-state index < -0.39 is 0 Å². The standard InChI is InChI=1S/C26H29N3O2/c1-30-26-18-24(12-13-25(26)31-21-23-10-6-3-7-11-23)19-27-29-16-14-28(15-17-29)20-22-8-4-2-5-9-22/h2-13,18-19H,14-17,20-21H2,1H3/b27-19-. The Balaban J connectivity index is 1.29. The van der Waals surface area contributed by atoms with Crippen LogP contribution in [0.1, 0.15) is 16.7 Å². The van der Waals surface area contributed by atoms with Gasteiger partial charge >= 0.3 is 0 Å². The molecule has 1 aliphatic heterocycles. The molecule has 4 rings (SSSR count). The minimum Gasteiger partial charge on any atom is -0.493 e. The number of piperazine rings is 1. The number of rotatable bonds is 8. The monoisotopic (exact) mass is 415 g/mol. The van der Waals surface area contributed by atoms with Crippen LogP contribution in [0.4, 0.5) is 0 Å². The van der Waals surface area contributed by atoms with Crippen LogP contribution in [0.15, 0.2) is 84.0 Å². The van der Waals surface area contributed by atoms with Gasteiger partial charge in [0.1, 0.15) is 6.61 Å². The highest BCUT2D eigenvalue weighted by Crippen LogP contribution is 2.28. The molecule has 1 fully saturated rings. The summed E-state index contributed by atoms with van der Waals surface area (Å²) in [7, 11) is 1.66. The predicted octanol–water partition coefficient (Wildman–Crippen LogP) is 4.43. The molecule has 31 heavy (non-hydrogen) atoms. The van der Waals surface area contributed by atoms with Crippen molar-refractivity contribution in [2.24, 2.45) is 5.10 Å². The normalized spacial score (nSPS) is 14.7. The second-order valence-electron chi connectivity index (χ2n) is 7.64. The van der Waals surface area contributed by atoms with Crippen molar-refractivity contribution < 1.29 is 9.47 Å². The predicted molar refractivity (Wildman–Crippen MR) is 125 cm³/mol. The molecule has 1 saturated heterocycles. The Labute approximate surface area is 184 Å². The first-order valence-electron chi connectivity index (χ1n) is 10.7. The lowest BCUT2D eigenvalue weighted by molar-refractivity contribution is 0.131. The molecular formula is C26H29N3O2. The Morgan fingerprint density at radius 3 is 2.16 bits per heavy atom. The molecular weight excluding hydrogens is 386 g/mol. The highest BCUT2D eigenvalue weighted by molar-refractivity contribution is 5.80. The lowest BCUT2D eigenvalue weighted by Crippen LogP contribution is -2.43. The van der Waals surface area contributed by atoms with Crippen molar-refractivity contribution in [1.82, 2.24) is 9.91 Å². The lowest BCUT2D eigenvalue weighted by Gasteiger charge is -2.33. The van der Waals surface area contributed by atoms with Gasteiger partial charge in [-0.15, -0.1) is 0 Å². The van der Waals surface area contributed by atoms with Crippen molar-refractivity contribution in [2.45, 2.75) is 13.2 Å². The summed E-state index contributed by atoms with van der Waals surface area (Å²) in [6, 6.07) is 26.7. The van der Waals surface area contributed by atoms with Crippen LogP contribution in [0.2, 0.25) is 0 Å². The summed E-state index contributed by atoms with van der Waals surface area (Å²) in [6.07, 6.45) is 1.90. The van der Waals surface area contributed by atoms with Gasteiger partial charge in [-0.25, -0.2) is 0 Å². The minimum absolute atomic E-state index is 0.512. The van der Waals surface area contributed by atoms with Crippen LogP contribution in [0.3, 0.4) is 0 Å². The van der Waals surface area contributed by atoms with E-state index in [-0.39, 0.29) is 0 Å². The Morgan fingerprint density at radius 1 is 0.806 bits per heavy atom.